The van der Waals surface area contributed by atoms with E-state index in [2.05, 4.69) is 24.6 Å². The Labute approximate surface area is 125 Å². The minimum absolute atomic E-state index is 0.124. The number of hydrogen-bond donors (Lipinski definition) is 1. The summed E-state index contributed by atoms with van der Waals surface area (Å²) in [6.07, 6.45) is 3.32. The van der Waals surface area contributed by atoms with Crippen molar-refractivity contribution in [2.24, 2.45) is 0 Å². The molecule has 1 aromatic heterocycles. The molecule has 0 amide bonds. The van der Waals surface area contributed by atoms with Crippen LogP contribution in [0.2, 0.25) is 0 Å². The van der Waals surface area contributed by atoms with Crippen molar-refractivity contribution in [3.05, 3.63) is 33.2 Å². The van der Waals surface area contributed by atoms with Crippen molar-refractivity contribution in [2.75, 3.05) is 20.2 Å². The van der Waals surface area contributed by atoms with Crippen molar-refractivity contribution in [3.8, 4) is 0 Å². The third-order valence-electron chi connectivity index (χ3n) is 4.32. The second-order valence-corrected chi connectivity index (χ2v) is 6.15. The van der Waals surface area contributed by atoms with Gasteiger partial charge in [-0.2, -0.15) is 12.6 Å². The molecule has 3 heterocycles. The third-order valence-corrected chi connectivity index (χ3v) is 4.66. The largest absolute Gasteiger partial charge is 0.376 e. The molecule has 0 aliphatic carbocycles. The molecular weight excluding hydrogens is 272 g/mol. The van der Waals surface area contributed by atoms with Gasteiger partial charge in [0.15, 0.2) is 0 Å². The van der Waals surface area contributed by atoms with E-state index in [0.717, 1.165) is 44.5 Å². The predicted octanol–water partition coefficient (Wildman–Crippen LogP) is 1.45. The van der Waals surface area contributed by atoms with E-state index in [1.165, 1.54) is 11.3 Å². The van der Waals surface area contributed by atoms with E-state index in [1.54, 1.807) is 0 Å². The number of ether oxygens (including phenoxy) is 1. The van der Waals surface area contributed by atoms with Crippen LogP contribution in [-0.2, 0) is 30.0 Å². The Hall–Kier alpha value is -0.780. The highest BCUT2D eigenvalue weighted by molar-refractivity contribution is 7.79. The molecule has 1 aromatic rings. The molecule has 0 radical (unpaired) electrons. The SMILES string of the molecule is CN1CCc2c(cc(CS)c(=O)n2CC2CCCO2)C1. The van der Waals surface area contributed by atoms with Crippen molar-refractivity contribution in [1.82, 2.24) is 9.47 Å². The fraction of sp³-hybridized carbons (Fsp3) is 0.667. The van der Waals surface area contributed by atoms with Gasteiger partial charge in [0.1, 0.15) is 0 Å². The number of nitrogens with zero attached hydrogens (tertiary/aromatic N) is 2. The molecule has 0 N–H and O–H groups in total. The monoisotopic (exact) mass is 294 g/mol. The minimum Gasteiger partial charge on any atom is -0.376 e. The molecule has 0 bridgehead atoms. The van der Waals surface area contributed by atoms with Crippen LogP contribution in [0.4, 0.5) is 0 Å². The van der Waals surface area contributed by atoms with Crippen molar-refractivity contribution in [1.29, 1.82) is 0 Å². The van der Waals surface area contributed by atoms with E-state index in [-0.39, 0.29) is 11.7 Å². The van der Waals surface area contributed by atoms with Crippen LogP contribution in [0.5, 0.6) is 0 Å². The number of likely N-dealkylation sites (N-methyl/N-ethyl adjacent to an activating group) is 1. The van der Waals surface area contributed by atoms with Gasteiger partial charge in [-0.15, -0.1) is 0 Å². The maximum Gasteiger partial charge on any atom is 0.254 e. The summed E-state index contributed by atoms with van der Waals surface area (Å²) in [5, 5.41) is 0. The van der Waals surface area contributed by atoms with E-state index in [4.69, 9.17) is 4.74 Å². The van der Waals surface area contributed by atoms with Crippen LogP contribution in [0.1, 0.15) is 29.7 Å². The normalized spacial score (nSPS) is 23.0. The number of rotatable bonds is 3. The summed E-state index contributed by atoms with van der Waals surface area (Å²) in [4.78, 5) is 14.9. The molecular formula is C15H22N2O2S. The van der Waals surface area contributed by atoms with Crippen LogP contribution in [0, 0.1) is 0 Å². The summed E-state index contributed by atoms with van der Waals surface area (Å²) in [7, 11) is 2.12. The van der Waals surface area contributed by atoms with Gasteiger partial charge in [-0.05, 0) is 31.5 Å². The Bertz CT molecular complexity index is 550. The summed E-state index contributed by atoms with van der Waals surface area (Å²) >= 11 is 4.31. The third kappa shape index (κ3) is 2.67. The van der Waals surface area contributed by atoms with Gasteiger partial charge >= 0.3 is 0 Å². The molecule has 20 heavy (non-hydrogen) atoms. The maximum absolute atomic E-state index is 12.6. The van der Waals surface area contributed by atoms with Crippen LogP contribution < -0.4 is 5.56 Å². The van der Waals surface area contributed by atoms with Gasteiger partial charge in [0, 0.05) is 43.1 Å². The Kier molecular flexibility index (Phi) is 4.19. The van der Waals surface area contributed by atoms with E-state index < -0.39 is 0 Å². The van der Waals surface area contributed by atoms with Gasteiger partial charge in [-0.1, -0.05) is 0 Å². The molecule has 0 aromatic carbocycles. The molecule has 2 aliphatic heterocycles. The van der Waals surface area contributed by atoms with E-state index in [1.807, 2.05) is 10.6 Å². The van der Waals surface area contributed by atoms with Crippen molar-refractivity contribution < 1.29 is 4.74 Å². The molecule has 1 fully saturated rings. The predicted molar refractivity (Wildman–Crippen MR) is 82.4 cm³/mol. The lowest BCUT2D eigenvalue weighted by molar-refractivity contribution is 0.0948. The lowest BCUT2D eigenvalue weighted by Gasteiger charge is -2.29. The zero-order valence-electron chi connectivity index (χ0n) is 12.0. The first-order valence-electron chi connectivity index (χ1n) is 7.34. The molecule has 2 aliphatic rings. The minimum atomic E-state index is 0.124. The smallest absolute Gasteiger partial charge is 0.254 e. The summed E-state index contributed by atoms with van der Waals surface area (Å²) in [5.41, 5.74) is 3.41. The van der Waals surface area contributed by atoms with Crippen LogP contribution in [-0.4, -0.2) is 35.8 Å². The second kappa shape index (κ2) is 5.92. The van der Waals surface area contributed by atoms with E-state index in [0.29, 0.717) is 12.3 Å². The topological polar surface area (TPSA) is 34.5 Å². The number of aromatic nitrogens is 1. The van der Waals surface area contributed by atoms with Crippen LogP contribution in [0.3, 0.4) is 0 Å². The molecule has 110 valence electrons. The van der Waals surface area contributed by atoms with Crippen molar-refractivity contribution >= 4 is 12.6 Å². The van der Waals surface area contributed by atoms with Crippen molar-refractivity contribution in [3.63, 3.8) is 0 Å². The second-order valence-electron chi connectivity index (χ2n) is 5.84. The molecule has 3 rings (SSSR count). The first-order valence-corrected chi connectivity index (χ1v) is 7.97. The average molecular weight is 294 g/mol. The number of thiol groups is 1. The Morgan fingerprint density at radius 3 is 3.05 bits per heavy atom. The quantitative estimate of drug-likeness (QED) is 0.857. The van der Waals surface area contributed by atoms with E-state index >= 15 is 0 Å². The highest BCUT2D eigenvalue weighted by atomic mass is 32.1. The molecule has 1 unspecified atom stereocenters. The Morgan fingerprint density at radius 2 is 2.35 bits per heavy atom. The summed E-state index contributed by atoms with van der Waals surface area (Å²) in [6.45, 7) is 3.46. The van der Waals surface area contributed by atoms with Gasteiger partial charge in [-0.25, -0.2) is 0 Å². The highest BCUT2D eigenvalue weighted by Crippen LogP contribution is 2.21. The summed E-state index contributed by atoms with van der Waals surface area (Å²) < 4.78 is 7.67. The Balaban J connectivity index is 2.01. The molecule has 1 atom stereocenters. The first-order chi connectivity index (χ1) is 9.69. The number of hydrogen-bond acceptors (Lipinski definition) is 4. The first kappa shape index (κ1) is 14.2. The zero-order chi connectivity index (χ0) is 14.1. The van der Waals surface area contributed by atoms with Gasteiger partial charge in [0.2, 0.25) is 0 Å². The highest BCUT2D eigenvalue weighted by Gasteiger charge is 2.23. The van der Waals surface area contributed by atoms with Gasteiger partial charge < -0.3 is 14.2 Å². The Morgan fingerprint density at radius 1 is 1.50 bits per heavy atom. The standard InChI is InChI=1S/C15H22N2O2S/c1-16-5-4-14-11(8-16)7-12(10-20)15(18)17(14)9-13-3-2-6-19-13/h7,13,20H,2-6,8-10H2,1H3. The molecule has 4 nitrogen and oxygen atoms in total. The molecule has 5 heteroatoms. The fourth-order valence-corrected chi connectivity index (χ4v) is 3.45. The average Bonchev–Trinajstić information content (AvgIpc) is 2.94. The number of fused-ring (bicyclic) bond motifs is 1. The lowest BCUT2D eigenvalue weighted by atomic mass is 10.0. The lowest BCUT2D eigenvalue weighted by Crippen LogP contribution is -2.37. The van der Waals surface area contributed by atoms with Gasteiger partial charge in [0.05, 0.1) is 12.6 Å². The maximum atomic E-state index is 12.6. The van der Waals surface area contributed by atoms with Crippen LogP contribution >= 0.6 is 12.6 Å². The van der Waals surface area contributed by atoms with Gasteiger partial charge in [0.25, 0.3) is 5.56 Å². The fourth-order valence-electron chi connectivity index (χ4n) is 3.22. The molecule has 0 spiro atoms. The molecule has 0 saturated carbocycles. The zero-order valence-corrected chi connectivity index (χ0v) is 12.9. The number of pyridine rings is 1. The van der Waals surface area contributed by atoms with Crippen molar-refractivity contribution in [2.45, 2.75) is 44.2 Å². The van der Waals surface area contributed by atoms with E-state index in [9.17, 15) is 4.79 Å². The van der Waals surface area contributed by atoms with Gasteiger partial charge in [-0.3, -0.25) is 4.79 Å². The summed E-state index contributed by atoms with van der Waals surface area (Å²) in [6, 6.07) is 2.05. The summed E-state index contributed by atoms with van der Waals surface area (Å²) in [5.74, 6) is 0.501. The van der Waals surface area contributed by atoms with Crippen LogP contribution in [0.15, 0.2) is 10.9 Å². The molecule has 1 saturated heterocycles. The van der Waals surface area contributed by atoms with Crippen LogP contribution in [0.25, 0.3) is 0 Å².